The van der Waals surface area contributed by atoms with E-state index in [9.17, 15) is 9.59 Å². The van der Waals surface area contributed by atoms with Crippen LogP contribution in [0, 0.1) is 0 Å². The zero-order valence-corrected chi connectivity index (χ0v) is 12.3. The van der Waals surface area contributed by atoms with Gasteiger partial charge in [0.25, 0.3) is 11.5 Å². The molecule has 0 fully saturated rings. The molecule has 1 heterocycles. The van der Waals surface area contributed by atoms with E-state index in [4.69, 9.17) is 0 Å². The number of hydrogen-bond donors (Lipinski definition) is 2. The Hall–Kier alpha value is -1.88. The number of carbonyl (C=O) groups is 1. The fourth-order valence-electron chi connectivity index (χ4n) is 2.41. The first-order valence-corrected chi connectivity index (χ1v) is 7.25. The van der Waals surface area contributed by atoms with Gasteiger partial charge in [-0.25, -0.2) is 0 Å². The molecule has 2 aromatic rings. The van der Waals surface area contributed by atoms with Gasteiger partial charge in [-0.1, -0.05) is 15.9 Å². The van der Waals surface area contributed by atoms with E-state index in [1.807, 2.05) is 12.1 Å². The second kappa shape index (κ2) is 5.25. The molecule has 4 nitrogen and oxygen atoms in total. The van der Waals surface area contributed by atoms with E-state index in [0.29, 0.717) is 5.69 Å². The molecule has 0 bridgehead atoms. The van der Waals surface area contributed by atoms with Crippen molar-refractivity contribution >= 4 is 27.5 Å². The summed E-state index contributed by atoms with van der Waals surface area (Å²) in [5.41, 5.74) is 2.56. The largest absolute Gasteiger partial charge is 0.325 e. The zero-order valence-electron chi connectivity index (χ0n) is 10.7. The number of halogens is 1. The molecule has 2 N–H and O–H groups in total. The van der Waals surface area contributed by atoms with Gasteiger partial charge in [-0.3, -0.25) is 9.59 Å². The molecule has 0 atom stereocenters. The standard InChI is InChI=1S/C15H13BrN2O2/c16-10-4-6-11(7-5-10)17-14(19)12-8-9-2-1-3-13(9)18-15(12)20/h4-8H,1-3H2,(H,17,19)(H,18,20). The molecule has 1 aromatic heterocycles. The molecule has 1 aliphatic carbocycles. The number of amides is 1. The Morgan fingerprint density at radius 2 is 1.95 bits per heavy atom. The van der Waals surface area contributed by atoms with E-state index in [-0.39, 0.29) is 17.0 Å². The molecule has 0 radical (unpaired) electrons. The van der Waals surface area contributed by atoms with Gasteiger partial charge in [0.15, 0.2) is 0 Å². The third-order valence-corrected chi connectivity index (χ3v) is 3.96. The van der Waals surface area contributed by atoms with Crippen LogP contribution in [0.25, 0.3) is 0 Å². The number of rotatable bonds is 2. The van der Waals surface area contributed by atoms with Gasteiger partial charge in [-0.2, -0.15) is 0 Å². The normalized spacial score (nSPS) is 13.1. The second-order valence-corrected chi connectivity index (χ2v) is 5.75. The van der Waals surface area contributed by atoms with Gasteiger partial charge in [-0.15, -0.1) is 0 Å². The maximum Gasteiger partial charge on any atom is 0.261 e. The number of pyridine rings is 1. The second-order valence-electron chi connectivity index (χ2n) is 4.83. The Labute approximate surface area is 124 Å². The van der Waals surface area contributed by atoms with Gasteiger partial charge in [0.05, 0.1) is 0 Å². The molecule has 1 aliphatic rings. The molecule has 0 saturated heterocycles. The number of fused-ring (bicyclic) bond motifs is 1. The molecule has 102 valence electrons. The lowest BCUT2D eigenvalue weighted by atomic mass is 10.1. The first kappa shape index (κ1) is 13.1. The third-order valence-electron chi connectivity index (χ3n) is 3.43. The minimum absolute atomic E-state index is 0.175. The number of aromatic nitrogens is 1. The van der Waals surface area contributed by atoms with Crippen molar-refractivity contribution in [3.8, 4) is 0 Å². The van der Waals surface area contributed by atoms with Crippen molar-refractivity contribution in [2.75, 3.05) is 5.32 Å². The van der Waals surface area contributed by atoms with Crippen LogP contribution in [-0.2, 0) is 12.8 Å². The van der Waals surface area contributed by atoms with Crippen LogP contribution in [0.5, 0.6) is 0 Å². The smallest absolute Gasteiger partial charge is 0.261 e. The van der Waals surface area contributed by atoms with E-state index in [2.05, 4.69) is 26.2 Å². The van der Waals surface area contributed by atoms with Crippen LogP contribution in [0.4, 0.5) is 5.69 Å². The Morgan fingerprint density at radius 1 is 1.20 bits per heavy atom. The summed E-state index contributed by atoms with van der Waals surface area (Å²) < 4.78 is 0.936. The minimum Gasteiger partial charge on any atom is -0.325 e. The van der Waals surface area contributed by atoms with Gasteiger partial charge >= 0.3 is 0 Å². The predicted molar refractivity (Wildman–Crippen MR) is 81.2 cm³/mol. The third kappa shape index (κ3) is 2.54. The van der Waals surface area contributed by atoms with Crippen molar-refractivity contribution in [3.63, 3.8) is 0 Å². The monoisotopic (exact) mass is 332 g/mol. The van der Waals surface area contributed by atoms with Gasteiger partial charge in [-0.05, 0) is 55.2 Å². The number of benzene rings is 1. The molecular weight excluding hydrogens is 320 g/mol. The fraction of sp³-hybridized carbons (Fsp3) is 0.200. The number of nitrogens with one attached hydrogen (secondary N) is 2. The average molecular weight is 333 g/mol. The van der Waals surface area contributed by atoms with Crippen molar-refractivity contribution in [1.82, 2.24) is 4.98 Å². The molecule has 1 aromatic carbocycles. The van der Waals surface area contributed by atoms with E-state index < -0.39 is 0 Å². The van der Waals surface area contributed by atoms with Crippen molar-refractivity contribution in [3.05, 3.63) is 62.0 Å². The SMILES string of the molecule is O=C(Nc1ccc(Br)cc1)c1cc2c([nH]c1=O)CCC2. The van der Waals surface area contributed by atoms with Crippen LogP contribution in [0.2, 0.25) is 0 Å². The van der Waals surface area contributed by atoms with Gasteiger partial charge in [0.2, 0.25) is 0 Å². The highest BCUT2D eigenvalue weighted by Gasteiger charge is 2.18. The highest BCUT2D eigenvalue weighted by Crippen LogP contribution is 2.19. The molecule has 0 saturated carbocycles. The van der Waals surface area contributed by atoms with E-state index in [1.54, 1.807) is 18.2 Å². The summed E-state index contributed by atoms with van der Waals surface area (Å²) in [4.78, 5) is 26.9. The number of carbonyl (C=O) groups excluding carboxylic acids is 1. The maximum atomic E-state index is 12.2. The fourth-order valence-corrected chi connectivity index (χ4v) is 2.68. The Balaban J connectivity index is 1.87. The van der Waals surface area contributed by atoms with Crippen molar-refractivity contribution in [2.45, 2.75) is 19.3 Å². The van der Waals surface area contributed by atoms with Crippen LogP contribution in [0.3, 0.4) is 0 Å². The highest BCUT2D eigenvalue weighted by molar-refractivity contribution is 9.10. The van der Waals surface area contributed by atoms with Crippen molar-refractivity contribution in [2.24, 2.45) is 0 Å². The van der Waals surface area contributed by atoms with E-state index in [0.717, 1.165) is 35.0 Å². The average Bonchev–Trinajstić information content (AvgIpc) is 2.87. The highest BCUT2D eigenvalue weighted by atomic mass is 79.9. The van der Waals surface area contributed by atoms with Crippen LogP contribution >= 0.6 is 15.9 Å². The van der Waals surface area contributed by atoms with Gasteiger partial charge in [0, 0.05) is 15.9 Å². The molecule has 0 spiro atoms. The van der Waals surface area contributed by atoms with Crippen LogP contribution in [-0.4, -0.2) is 10.9 Å². The zero-order chi connectivity index (χ0) is 14.1. The maximum absolute atomic E-state index is 12.2. The predicted octanol–water partition coefficient (Wildman–Crippen LogP) is 2.88. The summed E-state index contributed by atoms with van der Waals surface area (Å²) in [6.07, 6.45) is 2.84. The van der Waals surface area contributed by atoms with Crippen LogP contribution in [0.1, 0.15) is 28.0 Å². The summed E-state index contributed by atoms with van der Waals surface area (Å²) >= 11 is 3.33. The molecule has 5 heteroatoms. The number of H-pyrrole nitrogens is 1. The molecule has 0 aliphatic heterocycles. The van der Waals surface area contributed by atoms with Crippen molar-refractivity contribution in [1.29, 1.82) is 0 Å². The first-order valence-electron chi connectivity index (χ1n) is 6.45. The Bertz CT molecular complexity index is 720. The lowest BCUT2D eigenvalue weighted by molar-refractivity contribution is 0.102. The summed E-state index contributed by atoms with van der Waals surface area (Å²) in [5, 5.41) is 2.74. The molecule has 0 unspecified atom stereocenters. The van der Waals surface area contributed by atoms with Crippen molar-refractivity contribution < 1.29 is 4.79 Å². The van der Waals surface area contributed by atoms with Crippen LogP contribution in [0.15, 0.2) is 39.6 Å². The molecule has 1 amide bonds. The first-order chi connectivity index (χ1) is 9.63. The van der Waals surface area contributed by atoms with E-state index >= 15 is 0 Å². The summed E-state index contributed by atoms with van der Waals surface area (Å²) in [6, 6.07) is 8.95. The summed E-state index contributed by atoms with van der Waals surface area (Å²) in [6.45, 7) is 0. The van der Waals surface area contributed by atoms with Gasteiger partial charge < -0.3 is 10.3 Å². The number of anilines is 1. The Kier molecular flexibility index (Phi) is 3.44. The number of aromatic amines is 1. The molecule has 20 heavy (non-hydrogen) atoms. The lowest BCUT2D eigenvalue weighted by Gasteiger charge is -2.06. The summed E-state index contributed by atoms with van der Waals surface area (Å²) in [5.74, 6) is -0.372. The number of aryl methyl sites for hydroxylation is 2. The van der Waals surface area contributed by atoms with E-state index in [1.165, 1.54) is 0 Å². The van der Waals surface area contributed by atoms with Crippen LogP contribution < -0.4 is 10.9 Å². The quantitative estimate of drug-likeness (QED) is 0.888. The van der Waals surface area contributed by atoms with Gasteiger partial charge in [0.1, 0.15) is 5.56 Å². The molecular formula is C15H13BrN2O2. The Morgan fingerprint density at radius 3 is 2.70 bits per heavy atom. The summed E-state index contributed by atoms with van der Waals surface area (Å²) in [7, 11) is 0. The minimum atomic E-state index is -0.372. The molecule has 3 rings (SSSR count). The lowest BCUT2D eigenvalue weighted by Crippen LogP contribution is -2.24. The topological polar surface area (TPSA) is 62.0 Å². The number of hydrogen-bond acceptors (Lipinski definition) is 2.